The molecule has 0 fully saturated rings. The topological polar surface area (TPSA) is 129 Å². The Labute approximate surface area is 182 Å². The number of nitrogens with zero attached hydrogens (tertiary/aromatic N) is 1. The van der Waals surface area contributed by atoms with Crippen LogP contribution in [0, 0.1) is 6.92 Å². The van der Waals surface area contributed by atoms with E-state index < -0.39 is 17.7 Å². The molecule has 0 atom stereocenters. The highest BCUT2D eigenvalue weighted by molar-refractivity contribution is 6.04. The second-order valence-electron chi connectivity index (χ2n) is 6.90. The summed E-state index contributed by atoms with van der Waals surface area (Å²) in [7, 11) is 0. The Morgan fingerprint density at radius 2 is 1.66 bits per heavy atom. The molecule has 0 aliphatic heterocycles. The maximum atomic E-state index is 12.5. The van der Waals surface area contributed by atoms with Crippen molar-refractivity contribution in [1.82, 2.24) is 21.0 Å². The number of aromatic amines is 1. The van der Waals surface area contributed by atoms with Crippen molar-refractivity contribution in [3.63, 3.8) is 0 Å². The third-order valence-electron chi connectivity index (χ3n) is 4.67. The maximum absolute atomic E-state index is 12.5. The van der Waals surface area contributed by atoms with Gasteiger partial charge >= 0.3 is 0 Å². The predicted octanol–water partition coefficient (Wildman–Crippen LogP) is 3.31. The second-order valence-corrected chi connectivity index (χ2v) is 6.90. The summed E-state index contributed by atoms with van der Waals surface area (Å²) in [4.78, 5) is 37.1. The van der Waals surface area contributed by atoms with Crippen molar-refractivity contribution in [3.05, 3.63) is 95.6 Å². The summed E-state index contributed by atoms with van der Waals surface area (Å²) in [6.07, 6.45) is 1.40. The third kappa shape index (κ3) is 4.57. The van der Waals surface area contributed by atoms with E-state index in [9.17, 15) is 14.4 Å². The number of carbonyl (C=O) groups is 3. The summed E-state index contributed by atoms with van der Waals surface area (Å²) < 4.78 is 5.08. The van der Waals surface area contributed by atoms with Gasteiger partial charge in [0, 0.05) is 16.8 Å². The molecule has 3 amide bonds. The van der Waals surface area contributed by atoms with E-state index in [4.69, 9.17) is 4.42 Å². The Morgan fingerprint density at radius 3 is 2.41 bits per heavy atom. The van der Waals surface area contributed by atoms with Crippen LogP contribution < -0.4 is 16.2 Å². The van der Waals surface area contributed by atoms with Gasteiger partial charge in [0.25, 0.3) is 17.7 Å². The zero-order valence-electron chi connectivity index (χ0n) is 17.0. The van der Waals surface area contributed by atoms with Crippen LogP contribution in [0.4, 0.5) is 5.69 Å². The Hall–Kier alpha value is -4.66. The SMILES string of the molecule is Cc1ccc(C(=O)NNC(=O)c2cc(-c3ccccc3)n[nH]2)cc1NC(=O)c1ccco1. The van der Waals surface area contributed by atoms with E-state index in [0.29, 0.717) is 11.4 Å². The third-order valence-corrected chi connectivity index (χ3v) is 4.67. The molecular weight excluding hydrogens is 410 g/mol. The second kappa shape index (κ2) is 9.00. The van der Waals surface area contributed by atoms with Gasteiger partial charge in [0.2, 0.25) is 0 Å². The van der Waals surface area contributed by atoms with Gasteiger partial charge in [-0.05, 0) is 42.8 Å². The Kier molecular flexibility index (Phi) is 5.80. The lowest BCUT2D eigenvalue weighted by Crippen LogP contribution is -2.41. The molecule has 0 bridgehead atoms. The first kappa shape index (κ1) is 20.6. The minimum Gasteiger partial charge on any atom is -0.459 e. The van der Waals surface area contributed by atoms with E-state index in [2.05, 4.69) is 26.4 Å². The molecule has 2 aromatic heterocycles. The zero-order chi connectivity index (χ0) is 22.5. The molecule has 0 spiro atoms. The average molecular weight is 429 g/mol. The average Bonchev–Trinajstić information content (AvgIpc) is 3.52. The zero-order valence-corrected chi connectivity index (χ0v) is 17.0. The molecule has 4 rings (SSSR count). The van der Waals surface area contributed by atoms with Crippen LogP contribution in [0.3, 0.4) is 0 Å². The number of hydrazine groups is 1. The number of aromatic nitrogens is 2. The molecule has 0 aliphatic carbocycles. The van der Waals surface area contributed by atoms with E-state index >= 15 is 0 Å². The molecule has 2 aromatic carbocycles. The van der Waals surface area contributed by atoms with Crippen LogP contribution in [0.15, 0.2) is 77.4 Å². The summed E-state index contributed by atoms with van der Waals surface area (Å²) in [5.74, 6) is -1.38. The van der Waals surface area contributed by atoms with Crippen molar-refractivity contribution in [2.45, 2.75) is 6.92 Å². The number of carbonyl (C=O) groups excluding carboxylic acids is 3. The Morgan fingerprint density at radius 1 is 0.875 bits per heavy atom. The lowest BCUT2D eigenvalue weighted by Gasteiger charge is -2.10. The van der Waals surface area contributed by atoms with Crippen molar-refractivity contribution < 1.29 is 18.8 Å². The molecule has 32 heavy (non-hydrogen) atoms. The number of hydrogen-bond acceptors (Lipinski definition) is 5. The van der Waals surface area contributed by atoms with E-state index in [1.807, 2.05) is 30.3 Å². The van der Waals surface area contributed by atoms with Gasteiger partial charge in [-0.25, -0.2) is 0 Å². The number of H-pyrrole nitrogens is 1. The standard InChI is InChI=1S/C23H19N5O4/c1-14-9-10-16(12-17(14)24-23(31)20-8-5-11-32-20)21(29)27-28-22(30)19-13-18(25-26-19)15-6-3-2-4-7-15/h2-13H,1H3,(H,24,31)(H,25,26)(H,27,29)(H,28,30). The first-order valence-electron chi connectivity index (χ1n) is 9.68. The van der Waals surface area contributed by atoms with Gasteiger partial charge in [0.1, 0.15) is 5.69 Å². The monoisotopic (exact) mass is 429 g/mol. The van der Waals surface area contributed by atoms with Crippen LogP contribution >= 0.6 is 0 Å². The molecule has 4 aromatic rings. The minimum absolute atomic E-state index is 0.154. The van der Waals surface area contributed by atoms with Crippen molar-refractivity contribution >= 4 is 23.4 Å². The molecule has 9 nitrogen and oxygen atoms in total. The van der Waals surface area contributed by atoms with Crippen LogP contribution in [0.25, 0.3) is 11.3 Å². The molecule has 9 heteroatoms. The molecule has 4 N–H and O–H groups in total. The molecule has 0 unspecified atom stereocenters. The van der Waals surface area contributed by atoms with E-state index in [1.165, 1.54) is 18.4 Å². The highest BCUT2D eigenvalue weighted by Gasteiger charge is 2.15. The van der Waals surface area contributed by atoms with Crippen molar-refractivity contribution in [2.24, 2.45) is 0 Å². The summed E-state index contributed by atoms with van der Waals surface area (Å²) in [6, 6.07) is 18.9. The Bertz CT molecular complexity index is 1260. The summed E-state index contributed by atoms with van der Waals surface area (Å²) >= 11 is 0. The van der Waals surface area contributed by atoms with E-state index in [0.717, 1.165) is 11.1 Å². The summed E-state index contributed by atoms with van der Waals surface area (Å²) in [5, 5.41) is 9.47. The Balaban J connectivity index is 1.39. The van der Waals surface area contributed by atoms with Gasteiger partial charge in [-0.15, -0.1) is 0 Å². The fraction of sp³-hybridized carbons (Fsp3) is 0.0435. The lowest BCUT2D eigenvalue weighted by atomic mass is 10.1. The largest absolute Gasteiger partial charge is 0.459 e. The van der Waals surface area contributed by atoms with Crippen LogP contribution in [-0.4, -0.2) is 27.9 Å². The van der Waals surface area contributed by atoms with Crippen LogP contribution in [-0.2, 0) is 0 Å². The summed E-state index contributed by atoms with van der Waals surface area (Å²) in [6.45, 7) is 1.80. The van der Waals surface area contributed by atoms with Crippen molar-refractivity contribution in [1.29, 1.82) is 0 Å². The smallest absolute Gasteiger partial charge is 0.291 e. The van der Waals surface area contributed by atoms with Gasteiger partial charge < -0.3 is 9.73 Å². The highest BCUT2D eigenvalue weighted by atomic mass is 16.3. The number of nitrogens with one attached hydrogen (secondary N) is 4. The molecule has 2 heterocycles. The lowest BCUT2D eigenvalue weighted by molar-refractivity contribution is 0.0844. The molecule has 0 radical (unpaired) electrons. The molecule has 160 valence electrons. The van der Waals surface area contributed by atoms with E-state index in [1.54, 1.807) is 31.2 Å². The fourth-order valence-corrected chi connectivity index (χ4v) is 2.94. The number of benzene rings is 2. The van der Waals surface area contributed by atoms with Gasteiger partial charge in [0.05, 0.1) is 12.0 Å². The first-order chi connectivity index (χ1) is 15.5. The molecular formula is C23H19N5O4. The fourth-order valence-electron chi connectivity index (χ4n) is 2.94. The van der Waals surface area contributed by atoms with Crippen molar-refractivity contribution in [3.8, 4) is 11.3 Å². The number of furan rings is 1. The number of rotatable bonds is 5. The van der Waals surface area contributed by atoms with Gasteiger partial charge in [0.15, 0.2) is 5.76 Å². The van der Waals surface area contributed by atoms with E-state index in [-0.39, 0.29) is 17.0 Å². The quantitative estimate of drug-likeness (QED) is 0.362. The minimum atomic E-state index is -0.550. The predicted molar refractivity (Wildman–Crippen MR) is 117 cm³/mol. The first-order valence-corrected chi connectivity index (χ1v) is 9.68. The number of anilines is 1. The van der Waals surface area contributed by atoms with Gasteiger partial charge in [-0.1, -0.05) is 36.4 Å². The summed E-state index contributed by atoms with van der Waals surface area (Å²) in [5.41, 5.74) is 7.82. The van der Waals surface area contributed by atoms with Crippen LogP contribution in [0.2, 0.25) is 0 Å². The van der Waals surface area contributed by atoms with Crippen LogP contribution in [0.5, 0.6) is 0 Å². The van der Waals surface area contributed by atoms with Crippen molar-refractivity contribution in [2.75, 3.05) is 5.32 Å². The van der Waals surface area contributed by atoms with Crippen LogP contribution in [0.1, 0.15) is 37.0 Å². The number of hydrogen-bond donors (Lipinski definition) is 4. The normalized spacial score (nSPS) is 10.4. The number of aryl methyl sites for hydroxylation is 1. The molecule has 0 saturated carbocycles. The molecule has 0 saturated heterocycles. The number of amides is 3. The van der Waals surface area contributed by atoms with Gasteiger partial charge in [-0.3, -0.25) is 30.3 Å². The maximum Gasteiger partial charge on any atom is 0.291 e. The van der Waals surface area contributed by atoms with Gasteiger partial charge in [-0.2, -0.15) is 5.10 Å². The highest BCUT2D eigenvalue weighted by Crippen LogP contribution is 2.19. The molecule has 0 aliphatic rings.